The molecule has 0 spiro atoms. The Balaban J connectivity index is 1.66. The van der Waals surface area contributed by atoms with Crippen LogP contribution in [0.1, 0.15) is 22.3 Å². The van der Waals surface area contributed by atoms with Gasteiger partial charge in [0.1, 0.15) is 34.6 Å². The van der Waals surface area contributed by atoms with Crippen LogP contribution in [0, 0.1) is 37.1 Å². The number of ether oxygens (including phenoxy) is 1. The fraction of sp³-hybridized carbons (Fsp3) is 0.143. The summed E-state index contributed by atoms with van der Waals surface area (Å²) in [5.74, 6) is -7.47. The van der Waals surface area contributed by atoms with Crippen molar-refractivity contribution in [3.63, 3.8) is 0 Å². The van der Waals surface area contributed by atoms with Crippen molar-refractivity contribution in [3.8, 4) is 28.0 Å². The molecule has 0 N–H and O–H groups in total. The number of hydrogen-bond donors (Lipinski definition) is 0. The van der Waals surface area contributed by atoms with E-state index in [-0.39, 0.29) is 17.2 Å². The largest absolute Gasteiger partial charge is 0.432 e. The van der Waals surface area contributed by atoms with Gasteiger partial charge in [-0.3, -0.25) is 0 Å². The van der Waals surface area contributed by atoms with Crippen LogP contribution in [0.4, 0.5) is 39.5 Å². The van der Waals surface area contributed by atoms with Crippen LogP contribution in [-0.4, -0.2) is 0 Å². The van der Waals surface area contributed by atoms with Crippen molar-refractivity contribution in [1.82, 2.24) is 0 Å². The second-order valence-electron chi connectivity index (χ2n) is 8.59. The molecular weight excluding hydrogens is 523 g/mol. The van der Waals surface area contributed by atoms with E-state index >= 15 is 0 Å². The molecule has 4 rings (SSSR count). The van der Waals surface area contributed by atoms with Crippen LogP contribution < -0.4 is 4.74 Å². The van der Waals surface area contributed by atoms with Crippen LogP contribution in [-0.2, 0) is 12.3 Å². The third-order valence-electron chi connectivity index (χ3n) is 5.79. The van der Waals surface area contributed by atoms with Crippen molar-refractivity contribution in [1.29, 1.82) is 0 Å². The summed E-state index contributed by atoms with van der Waals surface area (Å²) < 4.78 is 131. The van der Waals surface area contributed by atoms with Gasteiger partial charge in [-0.2, -0.15) is 22.0 Å². The zero-order valence-corrected chi connectivity index (χ0v) is 19.7. The Morgan fingerprint density at radius 2 is 1.08 bits per heavy atom. The van der Waals surface area contributed by atoms with Crippen molar-refractivity contribution in [2.75, 3.05) is 0 Å². The first kappa shape index (κ1) is 27.1. The summed E-state index contributed by atoms with van der Waals surface area (Å²) in [5.41, 5.74) is -2.86. The molecule has 0 saturated carbocycles. The summed E-state index contributed by atoms with van der Waals surface area (Å²) in [5, 5.41) is 0. The van der Waals surface area contributed by atoms with Gasteiger partial charge in [-0.25, -0.2) is 17.6 Å². The lowest BCUT2D eigenvalue weighted by Crippen LogP contribution is -2.25. The maximum atomic E-state index is 14.8. The summed E-state index contributed by atoms with van der Waals surface area (Å²) in [7, 11) is 0. The first-order valence-corrected chi connectivity index (χ1v) is 11.0. The summed E-state index contributed by atoms with van der Waals surface area (Å²) in [6, 6.07) is 12.4. The minimum Gasteiger partial charge on any atom is -0.429 e. The summed E-state index contributed by atoms with van der Waals surface area (Å²) >= 11 is 0. The highest BCUT2D eigenvalue weighted by Crippen LogP contribution is 2.40. The van der Waals surface area contributed by atoms with Crippen molar-refractivity contribution in [3.05, 3.63) is 112 Å². The molecule has 4 aromatic carbocycles. The predicted octanol–water partition coefficient (Wildman–Crippen LogP) is 9.34. The Hall–Kier alpha value is -3.95. The fourth-order valence-electron chi connectivity index (χ4n) is 4.01. The van der Waals surface area contributed by atoms with Crippen LogP contribution in [0.5, 0.6) is 5.75 Å². The second-order valence-corrected chi connectivity index (χ2v) is 8.59. The molecule has 0 saturated heterocycles. The van der Waals surface area contributed by atoms with Crippen LogP contribution in [0.3, 0.4) is 0 Å². The van der Waals surface area contributed by atoms with Crippen LogP contribution in [0.25, 0.3) is 22.3 Å². The topological polar surface area (TPSA) is 9.23 Å². The number of benzene rings is 4. The molecule has 0 amide bonds. The molecule has 0 unspecified atom stereocenters. The smallest absolute Gasteiger partial charge is 0.429 e. The molecule has 10 heteroatoms. The minimum absolute atomic E-state index is 0.0406. The average molecular weight is 540 g/mol. The quantitative estimate of drug-likeness (QED) is 0.229. The first-order valence-electron chi connectivity index (χ1n) is 11.0. The fourth-order valence-corrected chi connectivity index (χ4v) is 4.01. The zero-order valence-electron chi connectivity index (χ0n) is 19.7. The monoisotopic (exact) mass is 540 g/mol. The molecule has 0 bridgehead atoms. The molecule has 0 radical (unpaired) electrons. The number of halogens is 9. The molecule has 0 heterocycles. The van der Waals surface area contributed by atoms with E-state index in [1.807, 2.05) is 19.1 Å². The van der Waals surface area contributed by atoms with Gasteiger partial charge in [-0.05, 0) is 60.4 Å². The van der Waals surface area contributed by atoms with Gasteiger partial charge in [-0.1, -0.05) is 42.0 Å². The summed E-state index contributed by atoms with van der Waals surface area (Å²) in [6.07, 6.45) is -9.85. The average Bonchev–Trinajstić information content (AvgIpc) is 2.77. The second kappa shape index (κ2) is 9.74. The lowest BCUT2D eigenvalue weighted by molar-refractivity contribution is -0.189. The van der Waals surface area contributed by atoms with Crippen molar-refractivity contribution in [2.24, 2.45) is 0 Å². The third kappa shape index (κ3) is 5.34. The molecule has 0 aromatic heterocycles. The molecule has 38 heavy (non-hydrogen) atoms. The van der Waals surface area contributed by atoms with Gasteiger partial charge in [0.05, 0.1) is 5.56 Å². The Kier molecular flexibility index (Phi) is 6.94. The van der Waals surface area contributed by atoms with Gasteiger partial charge in [0.25, 0.3) is 0 Å². The van der Waals surface area contributed by atoms with Gasteiger partial charge in [0.2, 0.25) is 0 Å². The lowest BCUT2D eigenvalue weighted by atomic mass is 9.98. The molecule has 198 valence electrons. The van der Waals surface area contributed by atoms with Crippen LogP contribution in [0.15, 0.2) is 66.7 Å². The van der Waals surface area contributed by atoms with Crippen molar-refractivity contribution in [2.45, 2.75) is 26.1 Å². The van der Waals surface area contributed by atoms with E-state index in [0.29, 0.717) is 29.3 Å². The zero-order chi connectivity index (χ0) is 28.0. The molecule has 0 aliphatic rings. The maximum absolute atomic E-state index is 14.8. The molecule has 0 aliphatic carbocycles. The van der Waals surface area contributed by atoms with Crippen LogP contribution >= 0.6 is 0 Å². The maximum Gasteiger partial charge on any atom is 0.432 e. The van der Waals surface area contributed by atoms with E-state index in [2.05, 4.69) is 4.74 Å². The highest BCUT2D eigenvalue weighted by atomic mass is 19.4. The van der Waals surface area contributed by atoms with Crippen LogP contribution in [0.2, 0.25) is 0 Å². The molecule has 0 aliphatic heterocycles. The van der Waals surface area contributed by atoms with E-state index in [1.54, 1.807) is 12.1 Å². The molecule has 4 aromatic rings. The summed E-state index contributed by atoms with van der Waals surface area (Å²) in [6.45, 7) is 2.68. The standard InChI is InChI=1S/C28H17F9O/c1-14-3-5-16(6-4-14)17-7-8-20(21(29)10-17)18-11-22(30)26(23(31)12-18)28(36,37)38-19-9-15(2)25(24(32)13-19)27(33,34)35/h3-13H,1-2H3. The van der Waals surface area contributed by atoms with Gasteiger partial charge in [0, 0.05) is 11.6 Å². The normalized spacial score (nSPS) is 12.1. The molecule has 1 nitrogen and oxygen atoms in total. The Labute approximate surface area is 211 Å². The molecule has 0 atom stereocenters. The lowest BCUT2D eigenvalue weighted by Gasteiger charge is -2.21. The van der Waals surface area contributed by atoms with Crippen molar-refractivity contribution < 1.29 is 44.3 Å². The summed E-state index contributed by atoms with van der Waals surface area (Å²) in [4.78, 5) is 0. The molecular formula is C28H17F9O. The number of alkyl halides is 5. The van der Waals surface area contributed by atoms with Gasteiger partial charge in [0.15, 0.2) is 0 Å². The SMILES string of the molecule is Cc1ccc(-c2ccc(-c3cc(F)c(C(F)(F)Oc4cc(C)c(C(F)(F)F)c(F)c4)c(F)c3)c(F)c2)cc1. The molecule has 0 fully saturated rings. The van der Waals surface area contributed by atoms with Gasteiger partial charge >= 0.3 is 12.3 Å². The van der Waals surface area contributed by atoms with Gasteiger partial charge in [-0.15, -0.1) is 0 Å². The van der Waals surface area contributed by atoms with E-state index in [9.17, 15) is 39.5 Å². The number of hydrogen-bond acceptors (Lipinski definition) is 1. The first-order chi connectivity index (χ1) is 17.7. The highest BCUT2D eigenvalue weighted by molar-refractivity contribution is 5.71. The predicted molar refractivity (Wildman–Crippen MR) is 123 cm³/mol. The van der Waals surface area contributed by atoms with Crippen molar-refractivity contribution >= 4 is 0 Å². The van der Waals surface area contributed by atoms with E-state index in [4.69, 9.17) is 0 Å². The highest BCUT2D eigenvalue weighted by Gasteiger charge is 2.42. The minimum atomic E-state index is -5.10. The van der Waals surface area contributed by atoms with E-state index in [0.717, 1.165) is 18.6 Å². The Bertz CT molecular complexity index is 1460. The number of rotatable bonds is 5. The Morgan fingerprint density at radius 3 is 1.61 bits per heavy atom. The van der Waals surface area contributed by atoms with E-state index < -0.39 is 58.0 Å². The Morgan fingerprint density at radius 1 is 0.553 bits per heavy atom. The van der Waals surface area contributed by atoms with Gasteiger partial charge < -0.3 is 4.74 Å². The number of aryl methyl sites for hydroxylation is 2. The van der Waals surface area contributed by atoms with E-state index in [1.165, 1.54) is 12.1 Å². The third-order valence-corrected chi connectivity index (χ3v) is 5.79.